The van der Waals surface area contributed by atoms with Crippen LogP contribution in [0.15, 0.2) is 40.8 Å². The van der Waals surface area contributed by atoms with E-state index in [0.29, 0.717) is 31.0 Å². The van der Waals surface area contributed by atoms with Crippen LogP contribution in [0.2, 0.25) is 0 Å². The van der Waals surface area contributed by atoms with Crippen LogP contribution in [0.25, 0.3) is 11.1 Å². The second kappa shape index (κ2) is 9.44. The first kappa shape index (κ1) is 23.5. The first-order chi connectivity index (χ1) is 16.9. The van der Waals surface area contributed by atoms with Gasteiger partial charge in [-0.1, -0.05) is 37.8 Å². The standard InChI is InChI=1S/C28H35N3O4/c1-4-34-22-13-11-20(12-14-22)17-31-26(32)24-16-25-23(15-19(2)35-25)30(24)18-28(31,3)27(33)29-21-9-7-5-6-8-10-21/h11-16,21H,4-10,17-18H2,1-3H3,(H,29,33)/t28-/m0/s1. The molecule has 3 heterocycles. The molecule has 2 amide bonds. The third-order valence-electron chi connectivity index (χ3n) is 7.49. The van der Waals surface area contributed by atoms with Crippen molar-refractivity contribution in [3.63, 3.8) is 0 Å². The van der Waals surface area contributed by atoms with Gasteiger partial charge in [0.15, 0.2) is 5.58 Å². The maximum Gasteiger partial charge on any atom is 0.271 e. The lowest BCUT2D eigenvalue weighted by Crippen LogP contribution is -2.64. The Bertz CT molecular complexity index is 1220. The zero-order chi connectivity index (χ0) is 24.6. The Morgan fingerprint density at radius 3 is 2.54 bits per heavy atom. The summed E-state index contributed by atoms with van der Waals surface area (Å²) in [5.74, 6) is 1.34. The van der Waals surface area contributed by atoms with Crippen LogP contribution in [0.4, 0.5) is 0 Å². The molecule has 5 rings (SSSR count). The fourth-order valence-corrected chi connectivity index (χ4v) is 5.51. The predicted octanol–water partition coefficient (Wildman–Crippen LogP) is 5.20. The summed E-state index contributed by atoms with van der Waals surface area (Å²) in [6.45, 7) is 7.06. The Morgan fingerprint density at radius 2 is 1.86 bits per heavy atom. The maximum atomic E-state index is 13.9. The number of carbonyl (C=O) groups excluding carboxylic acids is 2. The van der Waals surface area contributed by atoms with E-state index in [0.717, 1.165) is 48.3 Å². The molecule has 35 heavy (non-hydrogen) atoms. The molecule has 7 nitrogen and oxygen atoms in total. The van der Waals surface area contributed by atoms with Gasteiger partial charge < -0.3 is 23.9 Å². The molecule has 1 aromatic carbocycles. The van der Waals surface area contributed by atoms with Gasteiger partial charge in [-0.05, 0) is 51.3 Å². The fourth-order valence-electron chi connectivity index (χ4n) is 5.51. The van der Waals surface area contributed by atoms with Gasteiger partial charge >= 0.3 is 0 Å². The third-order valence-corrected chi connectivity index (χ3v) is 7.49. The number of carbonyl (C=O) groups is 2. The van der Waals surface area contributed by atoms with Crippen molar-refractivity contribution >= 4 is 22.9 Å². The molecule has 186 valence electrons. The van der Waals surface area contributed by atoms with Crippen LogP contribution in [0.5, 0.6) is 5.75 Å². The summed E-state index contributed by atoms with van der Waals surface area (Å²) in [7, 11) is 0. The average molecular weight is 478 g/mol. The van der Waals surface area contributed by atoms with Crippen molar-refractivity contribution in [3.8, 4) is 5.75 Å². The lowest BCUT2D eigenvalue weighted by atomic mass is 9.93. The van der Waals surface area contributed by atoms with E-state index in [9.17, 15) is 9.59 Å². The number of nitrogens with zero attached hydrogens (tertiary/aromatic N) is 2. The molecule has 7 heteroatoms. The number of aromatic nitrogens is 1. The van der Waals surface area contributed by atoms with E-state index in [1.165, 1.54) is 12.8 Å². The number of amides is 2. The van der Waals surface area contributed by atoms with Crippen LogP contribution < -0.4 is 10.1 Å². The van der Waals surface area contributed by atoms with Crippen molar-refractivity contribution in [2.75, 3.05) is 6.61 Å². The second-order valence-electron chi connectivity index (χ2n) is 10.1. The van der Waals surface area contributed by atoms with Crippen LogP contribution in [-0.2, 0) is 17.9 Å². The zero-order valence-electron chi connectivity index (χ0n) is 20.9. The quantitative estimate of drug-likeness (QED) is 0.496. The summed E-state index contributed by atoms with van der Waals surface area (Å²) >= 11 is 0. The molecule has 0 unspecified atom stereocenters. The number of aryl methyl sites for hydroxylation is 1. The number of benzene rings is 1. The Hall–Kier alpha value is -3.22. The van der Waals surface area contributed by atoms with E-state index in [-0.39, 0.29) is 17.9 Å². The highest BCUT2D eigenvalue weighted by molar-refractivity contribution is 6.03. The van der Waals surface area contributed by atoms with Crippen molar-refractivity contribution in [1.29, 1.82) is 0 Å². The van der Waals surface area contributed by atoms with Crippen molar-refractivity contribution in [1.82, 2.24) is 14.8 Å². The third kappa shape index (κ3) is 4.44. The molecule has 1 atom stereocenters. The van der Waals surface area contributed by atoms with Crippen LogP contribution in [-0.4, -0.2) is 39.5 Å². The molecule has 1 N–H and O–H groups in total. The summed E-state index contributed by atoms with van der Waals surface area (Å²) < 4.78 is 13.3. The van der Waals surface area contributed by atoms with Gasteiger partial charge in [0.25, 0.3) is 5.91 Å². The van der Waals surface area contributed by atoms with Crippen molar-refractivity contribution in [2.24, 2.45) is 0 Å². The highest BCUT2D eigenvalue weighted by Crippen LogP contribution is 2.35. The van der Waals surface area contributed by atoms with Gasteiger partial charge in [-0.25, -0.2) is 0 Å². The molecule has 1 fully saturated rings. The summed E-state index contributed by atoms with van der Waals surface area (Å²) in [4.78, 5) is 29.5. The summed E-state index contributed by atoms with van der Waals surface area (Å²) in [5.41, 5.74) is 2.02. The SMILES string of the molecule is CCOc1ccc(CN2C(=O)c3cc4oc(C)cc4n3C[C@@]2(C)C(=O)NC2CCCCCC2)cc1. The topological polar surface area (TPSA) is 76.7 Å². The molecule has 2 aliphatic rings. The Labute approximate surface area is 206 Å². The van der Waals surface area contributed by atoms with Gasteiger partial charge in [-0.15, -0.1) is 0 Å². The van der Waals surface area contributed by atoms with Crippen LogP contribution >= 0.6 is 0 Å². The van der Waals surface area contributed by atoms with Crippen molar-refractivity contribution in [2.45, 2.75) is 84.0 Å². The van der Waals surface area contributed by atoms with E-state index in [1.54, 1.807) is 11.0 Å². The summed E-state index contributed by atoms with van der Waals surface area (Å²) in [6.07, 6.45) is 6.69. The van der Waals surface area contributed by atoms with Crippen LogP contribution in [0.1, 0.15) is 74.2 Å². The first-order valence-electron chi connectivity index (χ1n) is 12.8. The minimum absolute atomic E-state index is 0.0867. The minimum Gasteiger partial charge on any atom is -0.494 e. The molecule has 1 saturated carbocycles. The molecule has 0 saturated heterocycles. The first-order valence-corrected chi connectivity index (χ1v) is 12.8. The summed E-state index contributed by atoms with van der Waals surface area (Å²) in [6, 6.07) is 11.7. The monoisotopic (exact) mass is 477 g/mol. The molecule has 0 radical (unpaired) electrons. The molecule has 0 bridgehead atoms. The smallest absolute Gasteiger partial charge is 0.271 e. The van der Waals surface area contributed by atoms with E-state index >= 15 is 0 Å². The number of furan rings is 1. The van der Waals surface area contributed by atoms with Gasteiger partial charge in [0.05, 0.1) is 18.7 Å². The molecule has 1 aliphatic carbocycles. The molecular weight excluding hydrogens is 442 g/mol. The molecule has 1 aliphatic heterocycles. The van der Waals surface area contributed by atoms with E-state index < -0.39 is 5.54 Å². The van der Waals surface area contributed by atoms with Gasteiger partial charge in [0.2, 0.25) is 5.91 Å². The molecule has 0 spiro atoms. The summed E-state index contributed by atoms with van der Waals surface area (Å²) in [5, 5.41) is 3.32. The Morgan fingerprint density at radius 1 is 1.14 bits per heavy atom. The zero-order valence-corrected chi connectivity index (χ0v) is 20.9. The number of rotatable bonds is 6. The Balaban J connectivity index is 1.49. The number of nitrogens with one attached hydrogen (secondary N) is 1. The van der Waals surface area contributed by atoms with Gasteiger partial charge in [-0.3, -0.25) is 9.59 Å². The number of hydrogen-bond acceptors (Lipinski definition) is 4. The molecule has 2 aromatic heterocycles. The molecular formula is C28H35N3O4. The normalized spacial score (nSPS) is 21.1. The lowest BCUT2D eigenvalue weighted by molar-refractivity contribution is -0.134. The van der Waals surface area contributed by atoms with E-state index in [2.05, 4.69) is 5.32 Å². The predicted molar refractivity (Wildman–Crippen MR) is 134 cm³/mol. The number of ether oxygens (including phenoxy) is 1. The maximum absolute atomic E-state index is 13.9. The van der Waals surface area contributed by atoms with Crippen LogP contribution in [0.3, 0.4) is 0 Å². The minimum atomic E-state index is -1.04. The van der Waals surface area contributed by atoms with Gasteiger partial charge in [-0.2, -0.15) is 0 Å². The largest absolute Gasteiger partial charge is 0.494 e. The fraction of sp³-hybridized carbons (Fsp3) is 0.500. The number of fused-ring (bicyclic) bond motifs is 3. The van der Waals surface area contributed by atoms with Crippen molar-refractivity contribution in [3.05, 3.63) is 53.4 Å². The van der Waals surface area contributed by atoms with Crippen LogP contribution in [0, 0.1) is 6.92 Å². The van der Waals surface area contributed by atoms with E-state index in [1.807, 2.05) is 55.7 Å². The highest BCUT2D eigenvalue weighted by atomic mass is 16.5. The Kier molecular flexibility index (Phi) is 6.34. The highest BCUT2D eigenvalue weighted by Gasteiger charge is 2.48. The average Bonchev–Trinajstić information content (AvgIpc) is 3.23. The van der Waals surface area contributed by atoms with Gasteiger partial charge in [0.1, 0.15) is 22.7 Å². The second-order valence-corrected chi connectivity index (χ2v) is 10.1. The van der Waals surface area contributed by atoms with Crippen molar-refractivity contribution < 1.29 is 18.7 Å². The number of hydrogen-bond donors (Lipinski definition) is 1. The lowest BCUT2D eigenvalue weighted by Gasteiger charge is -2.44. The van der Waals surface area contributed by atoms with Gasteiger partial charge in [0, 0.05) is 24.7 Å². The molecule has 3 aromatic rings. The van der Waals surface area contributed by atoms with E-state index in [4.69, 9.17) is 9.15 Å².